The molecule has 0 fully saturated rings. The number of nitrogens with one attached hydrogen (secondary N) is 1. The lowest BCUT2D eigenvalue weighted by Crippen LogP contribution is -1.99. The van der Waals surface area contributed by atoms with Crippen LogP contribution >= 0.6 is 15.9 Å². The summed E-state index contributed by atoms with van der Waals surface area (Å²) in [6, 6.07) is 9.96. The molecule has 82 valence electrons. The Labute approximate surface area is 103 Å². The molecule has 0 bridgehead atoms. The molecule has 2 aromatic rings. The van der Waals surface area contributed by atoms with Crippen molar-refractivity contribution in [2.75, 3.05) is 11.9 Å². The molecule has 0 unspecified atom stereocenters. The second kappa shape index (κ2) is 5.07. The molecule has 2 rings (SSSR count). The van der Waals surface area contributed by atoms with Crippen LogP contribution in [0.25, 0.3) is 11.3 Å². The molecule has 0 saturated carbocycles. The molecule has 0 radical (unpaired) electrons. The van der Waals surface area contributed by atoms with E-state index in [1.165, 1.54) is 0 Å². The van der Waals surface area contributed by atoms with E-state index in [1.54, 1.807) is 6.33 Å². The number of aromatic nitrogens is 2. The minimum atomic E-state index is 0.850. The van der Waals surface area contributed by atoms with Gasteiger partial charge in [0.1, 0.15) is 12.1 Å². The second-order valence-electron chi connectivity index (χ2n) is 3.30. The normalized spacial score (nSPS) is 10.1. The molecule has 0 spiro atoms. The summed E-state index contributed by atoms with van der Waals surface area (Å²) >= 11 is 3.52. The SMILES string of the molecule is CCNc1cc(-c2ccccc2Br)ncn1. The number of halogens is 1. The Hall–Kier alpha value is -1.42. The number of hydrogen-bond donors (Lipinski definition) is 1. The predicted octanol–water partition coefficient (Wildman–Crippen LogP) is 3.34. The Morgan fingerprint density at radius 1 is 1.25 bits per heavy atom. The molecule has 0 aliphatic rings. The van der Waals surface area contributed by atoms with E-state index >= 15 is 0 Å². The summed E-state index contributed by atoms with van der Waals surface area (Å²) in [5, 5.41) is 3.17. The largest absolute Gasteiger partial charge is 0.370 e. The van der Waals surface area contributed by atoms with Gasteiger partial charge in [-0.1, -0.05) is 34.1 Å². The van der Waals surface area contributed by atoms with Crippen molar-refractivity contribution in [1.29, 1.82) is 0 Å². The van der Waals surface area contributed by atoms with E-state index in [1.807, 2.05) is 37.3 Å². The molecule has 0 atom stereocenters. The topological polar surface area (TPSA) is 37.8 Å². The lowest BCUT2D eigenvalue weighted by atomic mass is 10.1. The summed E-state index contributed by atoms with van der Waals surface area (Å²) in [6.07, 6.45) is 1.58. The minimum absolute atomic E-state index is 0.850. The fourth-order valence-electron chi connectivity index (χ4n) is 1.45. The first-order valence-corrected chi connectivity index (χ1v) is 5.91. The van der Waals surface area contributed by atoms with Crippen LogP contribution in [0.4, 0.5) is 5.82 Å². The molecule has 0 aliphatic carbocycles. The van der Waals surface area contributed by atoms with Crippen LogP contribution in [0, 0.1) is 0 Å². The average molecular weight is 278 g/mol. The maximum Gasteiger partial charge on any atom is 0.129 e. The van der Waals surface area contributed by atoms with Crippen LogP contribution in [0.2, 0.25) is 0 Å². The molecule has 1 aromatic carbocycles. The van der Waals surface area contributed by atoms with E-state index in [-0.39, 0.29) is 0 Å². The third-order valence-corrected chi connectivity index (χ3v) is 2.87. The molecule has 16 heavy (non-hydrogen) atoms. The van der Waals surface area contributed by atoms with Crippen molar-refractivity contribution < 1.29 is 0 Å². The molecule has 1 heterocycles. The molecule has 1 aromatic heterocycles. The maximum atomic E-state index is 4.27. The van der Waals surface area contributed by atoms with E-state index in [0.29, 0.717) is 0 Å². The summed E-state index contributed by atoms with van der Waals surface area (Å²) in [5.41, 5.74) is 1.99. The Morgan fingerprint density at radius 3 is 2.81 bits per heavy atom. The van der Waals surface area contributed by atoms with Crippen LogP contribution in [-0.4, -0.2) is 16.5 Å². The highest BCUT2D eigenvalue weighted by Crippen LogP contribution is 2.26. The van der Waals surface area contributed by atoms with Crippen LogP contribution in [-0.2, 0) is 0 Å². The van der Waals surface area contributed by atoms with E-state index in [4.69, 9.17) is 0 Å². The monoisotopic (exact) mass is 277 g/mol. The van der Waals surface area contributed by atoms with Gasteiger partial charge in [-0.3, -0.25) is 0 Å². The highest BCUT2D eigenvalue weighted by molar-refractivity contribution is 9.10. The zero-order valence-electron chi connectivity index (χ0n) is 8.94. The highest BCUT2D eigenvalue weighted by atomic mass is 79.9. The first-order valence-electron chi connectivity index (χ1n) is 5.12. The predicted molar refractivity (Wildman–Crippen MR) is 69.3 cm³/mol. The number of anilines is 1. The van der Waals surface area contributed by atoms with E-state index in [2.05, 4.69) is 31.2 Å². The number of hydrogen-bond acceptors (Lipinski definition) is 3. The number of nitrogens with zero attached hydrogens (tertiary/aromatic N) is 2. The smallest absolute Gasteiger partial charge is 0.129 e. The lowest BCUT2D eigenvalue weighted by Gasteiger charge is -2.06. The Bertz CT molecular complexity index is 485. The van der Waals surface area contributed by atoms with E-state index in [0.717, 1.165) is 28.1 Å². The lowest BCUT2D eigenvalue weighted by molar-refractivity contribution is 1.11. The van der Waals surface area contributed by atoms with Crippen LogP contribution in [0.5, 0.6) is 0 Å². The van der Waals surface area contributed by atoms with Crippen molar-refractivity contribution in [3.63, 3.8) is 0 Å². The maximum absolute atomic E-state index is 4.27. The van der Waals surface area contributed by atoms with Crippen molar-refractivity contribution in [3.05, 3.63) is 41.1 Å². The molecular formula is C12H12BrN3. The van der Waals surface area contributed by atoms with Crippen LogP contribution < -0.4 is 5.32 Å². The first kappa shape index (κ1) is 11.1. The number of benzene rings is 1. The Kier molecular flexibility index (Phi) is 3.51. The Morgan fingerprint density at radius 2 is 2.06 bits per heavy atom. The molecule has 0 amide bonds. The first-order chi connectivity index (χ1) is 7.81. The van der Waals surface area contributed by atoms with E-state index < -0.39 is 0 Å². The zero-order valence-corrected chi connectivity index (χ0v) is 10.5. The summed E-state index contributed by atoms with van der Waals surface area (Å²) < 4.78 is 1.04. The molecule has 3 nitrogen and oxygen atoms in total. The van der Waals surface area contributed by atoms with Crippen molar-refractivity contribution in [3.8, 4) is 11.3 Å². The van der Waals surface area contributed by atoms with Gasteiger partial charge in [0.2, 0.25) is 0 Å². The highest BCUT2D eigenvalue weighted by Gasteiger charge is 2.04. The van der Waals surface area contributed by atoms with Gasteiger partial charge in [-0.25, -0.2) is 9.97 Å². The molecule has 1 N–H and O–H groups in total. The van der Waals surface area contributed by atoms with Crippen LogP contribution in [0.3, 0.4) is 0 Å². The van der Waals surface area contributed by atoms with Gasteiger partial charge in [-0.15, -0.1) is 0 Å². The van der Waals surface area contributed by atoms with Gasteiger partial charge >= 0.3 is 0 Å². The van der Waals surface area contributed by atoms with Gasteiger partial charge in [-0.05, 0) is 13.0 Å². The Balaban J connectivity index is 2.40. The van der Waals surface area contributed by atoms with Gasteiger partial charge in [0, 0.05) is 22.6 Å². The second-order valence-corrected chi connectivity index (χ2v) is 4.15. The van der Waals surface area contributed by atoms with Crippen LogP contribution in [0.15, 0.2) is 41.1 Å². The molecule has 4 heteroatoms. The summed E-state index contributed by atoms with van der Waals surface area (Å²) in [4.78, 5) is 8.42. The molecular weight excluding hydrogens is 266 g/mol. The van der Waals surface area contributed by atoms with Crippen molar-refractivity contribution >= 4 is 21.7 Å². The number of rotatable bonds is 3. The van der Waals surface area contributed by atoms with Gasteiger partial charge in [0.15, 0.2) is 0 Å². The fraction of sp³-hybridized carbons (Fsp3) is 0.167. The molecule has 0 saturated heterocycles. The minimum Gasteiger partial charge on any atom is -0.370 e. The third kappa shape index (κ3) is 2.39. The van der Waals surface area contributed by atoms with Gasteiger partial charge in [0.05, 0.1) is 5.69 Å². The molecule has 0 aliphatic heterocycles. The van der Waals surface area contributed by atoms with Crippen molar-refractivity contribution in [2.24, 2.45) is 0 Å². The fourth-order valence-corrected chi connectivity index (χ4v) is 1.94. The quantitative estimate of drug-likeness (QED) is 0.935. The van der Waals surface area contributed by atoms with Crippen molar-refractivity contribution in [1.82, 2.24) is 9.97 Å². The standard InChI is InChI=1S/C12H12BrN3/c1-2-14-12-7-11(15-8-16-12)9-5-3-4-6-10(9)13/h3-8H,2H2,1H3,(H,14,15,16). The van der Waals surface area contributed by atoms with Crippen LogP contribution in [0.1, 0.15) is 6.92 Å². The van der Waals surface area contributed by atoms with Gasteiger partial charge in [0.25, 0.3) is 0 Å². The average Bonchev–Trinajstić information content (AvgIpc) is 2.30. The van der Waals surface area contributed by atoms with Gasteiger partial charge < -0.3 is 5.32 Å². The summed E-state index contributed by atoms with van der Waals surface area (Å²) in [5.74, 6) is 0.850. The van der Waals surface area contributed by atoms with Crippen molar-refractivity contribution in [2.45, 2.75) is 6.92 Å². The summed E-state index contributed by atoms with van der Waals surface area (Å²) in [6.45, 7) is 2.90. The van der Waals surface area contributed by atoms with Gasteiger partial charge in [-0.2, -0.15) is 0 Å². The zero-order chi connectivity index (χ0) is 11.4. The van der Waals surface area contributed by atoms with E-state index in [9.17, 15) is 0 Å². The third-order valence-electron chi connectivity index (χ3n) is 2.17. The summed E-state index contributed by atoms with van der Waals surface area (Å²) in [7, 11) is 0.